The third-order valence-electron chi connectivity index (χ3n) is 4.24. The van der Waals surface area contributed by atoms with E-state index >= 15 is 0 Å². The fourth-order valence-electron chi connectivity index (χ4n) is 2.94. The number of amides is 1. The van der Waals surface area contributed by atoms with Crippen LogP contribution in [0.15, 0.2) is 42.5 Å². The van der Waals surface area contributed by atoms with Gasteiger partial charge in [-0.25, -0.2) is 0 Å². The van der Waals surface area contributed by atoms with Crippen LogP contribution in [-0.4, -0.2) is 23.9 Å². The molecule has 1 N–H and O–H groups in total. The van der Waals surface area contributed by atoms with Crippen LogP contribution in [0.25, 0.3) is 0 Å². The Balaban J connectivity index is 1.62. The van der Waals surface area contributed by atoms with Crippen molar-refractivity contribution in [3.63, 3.8) is 0 Å². The number of nitrogens with zero attached hydrogens (tertiary/aromatic N) is 1. The van der Waals surface area contributed by atoms with Crippen LogP contribution in [0.2, 0.25) is 10.0 Å². The van der Waals surface area contributed by atoms with Crippen molar-refractivity contribution in [3.05, 3.63) is 63.6 Å². The molecule has 0 unspecified atom stereocenters. The molecule has 0 aromatic heterocycles. The summed E-state index contributed by atoms with van der Waals surface area (Å²) in [5.41, 5.74) is 2.44. The van der Waals surface area contributed by atoms with Crippen LogP contribution < -0.4 is 5.32 Å². The largest absolute Gasteiger partial charge is 0.322 e. The maximum Gasteiger partial charge on any atom is 0.257 e. The number of piperidine rings is 1. The summed E-state index contributed by atoms with van der Waals surface area (Å²) in [7, 11) is 0. The molecule has 0 saturated carbocycles. The van der Waals surface area contributed by atoms with Gasteiger partial charge < -0.3 is 5.32 Å². The van der Waals surface area contributed by atoms with Gasteiger partial charge in [0, 0.05) is 17.3 Å². The van der Waals surface area contributed by atoms with Crippen LogP contribution in [0, 0.1) is 0 Å². The molecule has 126 valence electrons. The van der Waals surface area contributed by atoms with E-state index in [-0.39, 0.29) is 5.91 Å². The molecule has 1 amide bonds. The molecular weight excluding hydrogens is 343 g/mol. The van der Waals surface area contributed by atoms with E-state index in [9.17, 15) is 4.79 Å². The number of anilines is 1. The van der Waals surface area contributed by atoms with Crippen molar-refractivity contribution in [2.75, 3.05) is 18.4 Å². The zero-order chi connectivity index (χ0) is 16.9. The number of rotatable bonds is 4. The second-order valence-corrected chi connectivity index (χ2v) is 6.96. The molecule has 1 saturated heterocycles. The first-order valence-corrected chi connectivity index (χ1v) is 8.95. The topological polar surface area (TPSA) is 32.3 Å². The smallest absolute Gasteiger partial charge is 0.257 e. The van der Waals surface area contributed by atoms with E-state index in [1.54, 1.807) is 18.2 Å². The lowest BCUT2D eigenvalue weighted by Gasteiger charge is -2.26. The van der Waals surface area contributed by atoms with Crippen molar-refractivity contribution in [1.82, 2.24) is 4.90 Å². The molecule has 0 spiro atoms. The van der Waals surface area contributed by atoms with Crippen LogP contribution >= 0.6 is 23.2 Å². The lowest BCUT2D eigenvalue weighted by molar-refractivity contribution is 0.102. The van der Waals surface area contributed by atoms with Gasteiger partial charge in [-0.05, 0) is 61.8 Å². The van der Waals surface area contributed by atoms with Gasteiger partial charge in [0.2, 0.25) is 0 Å². The maximum atomic E-state index is 12.3. The second kappa shape index (κ2) is 8.02. The Morgan fingerprint density at radius 1 is 1.00 bits per heavy atom. The number of nitrogens with one attached hydrogen (secondary N) is 1. The summed E-state index contributed by atoms with van der Waals surface area (Å²) < 4.78 is 0. The zero-order valence-corrected chi connectivity index (χ0v) is 14.9. The predicted molar refractivity (Wildman–Crippen MR) is 100.0 cm³/mol. The van der Waals surface area contributed by atoms with E-state index in [0.717, 1.165) is 12.2 Å². The van der Waals surface area contributed by atoms with Gasteiger partial charge in [0.25, 0.3) is 5.91 Å². The first-order chi connectivity index (χ1) is 11.6. The van der Waals surface area contributed by atoms with Gasteiger partial charge >= 0.3 is 0 Å². The third-order valence-corrected chi connectivity index (χ3v) is 4.79. The van der Waals surface area contributed by atoms with Gasteiger partial charge in [-0.1, -0.05) is 41.8 Å². The number of benzene rings is 2. The Labute approximate surface area is 152 Å². The van der Waals surface area contributed by atoms with Gasteiger partial charge in [-0.3, -0.25) is 9.69 Å². The first-order valence-electron chi connectivity index (χ1n) is 8.19. The van der Waals surface area contributed by atoms with Gasteiger partial charge in [-0.15, -0.1) is 0 Å². The molecule has 0 radical (unpaired) electrons. The Hall–Kier alpha value is -1.55. The summed E-state index contributed by atoms with van der Waals surface area (Å²) >= 11 is 11.9. The molecule has 3 nitrogen and oxygen atoms in total. The fourth-order valence-corrected chi connectivity index (χ4v) is 3.44. The van der Waals surface area contributed by atoms with E-state index < -0.39 is 0 Å². The third kappa shape index (κ3) is 4.50. The zero-order valence-electron chi connectivity index (χ0n) is 13.4. The highest BCUT2D eigenvalue weighted by Gasteiger charge is 2.12. The number of carbonyl (C=O) groups is 1. The SMILES string of the molecule is O=C(Nc1ccc(CN2CCCCC2)cc1)c1ccc(Cl)cc1Cl. The number of hydrogen-bond donors (Lipinski definition) is 1. The minimum atomic E-state index is -0.236. The fraction of sp³-hybridized carbons (Fsp3) is 0.316. The molecule has 2 aromatic carbocycles. The van der Waals surface area contributed by atoms with E-state index in [0.29, 0.717) is 15.6 Å². The Morgan fingerprint density at radius 3 is 2.38 bits per heavy atom. The Morgan fingerprint density at radius 2 is 1.71 bits per heavy atom. The monoisotopic (exact) mass is 362 g/mol. The Kier molecular flexibility index (Phi) is 5.77. The van der Waals surface area contributed by atoms with Crippen LogP contribution in [-0.2, 0) is 6.54 Å². The van der Waals surface area contributed by atoms with Crippen molar-refractivity contribution in [1.29, 1.82) is 0 Å². The maximum absolute atomic E-state index is 12.3. The molecule has 0 aliphatic carbocycles. The second-order valence-electron chi connectivity index (χ2n) is 6.11. The van der Waals surface area contributed by atoms with E-state index in [1.807, 2.05) is 12.1 Å². The van der Waals surface area contributed by atoms with Crippen molar-refractivity contribution in [3.8, 4) is 0 Å². The van der Waals surface area contributed by atoms with Gasteiger partial charge in [0.15, 0.2) is 0 Å². The molecule has 3 rings (SSSR count). The van der Waals surface area contributed by atoms with E-state index in [1.165, 1.54) is 37.9 Å². The molecule has 5 heteroatoms. The molecule has 24 heavy (non-hydrogen) atoms. The molecule has 1 fully saturated rings. The lowest BCUT2D eigenvalue weighted by Crippen LogP contribution is -2.29. The quantitative estimate of drug-likeness (QED) is 0.807. The number of likely N-dealkylation sites (tertiary alicyclic amines) is 1. The lowest BCUT2D eigenvalue weighted by atomic mass is 10.1. The van der Waals surface area contributed by atoms with Crippen LogP contribution in [0.4, 0.5) is 5.69 Å². The standard InChI is InChI=1S/C19H20Cl2N2O/c20-15-6-9-17(18(21)12-15)19(24)22-16-7-4-14(5-8-16)13-23-10-2-1-3-11-23/h4-9,12H,1-3,10-11,13H2,(H,22,24). The Bertz CT molecular complexity index is 710. The van der Waals surface area contributed by atoms with Gasteiger partial charge in [0.05, 0.1) is 10.6 Å². The first kappa shape index (κ1) is 17.3. The minimum absolute atomic E-state index is 0.236. The molecule has 1 heterocycles. The molecule has 2 aromatic rings. The number of halogens is 2. The van der Waals surface area contributed by atoms with Crippen molar-refractivity contribution in [2.45, 2.75) is 25.8 Å². The summed E-state index contributed by atoms with van der Waals surface area (Å²) in [6, 6.07) is 12.8. The van der Waals surface area contributed by atoms with Crippen LogP contribution in [0.5, 0.6) is 0 Å². The summed E-state index contributed by atoms with van der Waals surface area (Å²) in [6.45, 7) is 3.32. The van der Waals surface area contributed by atoms with Crippen molar-refractivity contribution in [2.24, 2.45) is 0 Å². The van der Waals surface area contributed by atoms with E-state index in [2.05, 4.69) is 22.3 Å². The highest BCUT2D eigenvalue weighted by atomic mass is 35.5. The van der Waals surface area contributed by atoms with Crippen molar-refractivity contribution >= 4 is 34.8 Å². The summed E-state index contributed by atoms with van der Waals surface area (Å²) in [5.74, 6) is -0.236. The van der Waals surface area contributed by atoms with E-state index in [4.69, 9.17) is 23.2 Å². The highest BCUT2D eigenvalue weighted by Crippen LogP contribution is 2.22. The van der Waals surface area contributed by atoms with Gasteiger partial charge in [0.1, 0.15) is 0 Å². The number of hydrogen-bond acceptors (Lipinski definition) is 2. The molecule has 1 aliphatic rings. The van der Waals surface area contributed by atoms with Crippen LogP contribution in [0.3, 0.4) is 0 Å². The summed E-state index contributed by atoms with van der Waals surface area (Å²) in [5, 5.41) is 3.73. The molecule has 1 aliphatic heterocycles. The predicted octanol–water partition coefficient (Wildman–Crippen LogP) is 5.23. The average Bonchev–Trinajstić information content (AvgIpc) is 2.57. The van der Waals surface area contributed by atoms with Crippen molar-refractivity contribution < 1.29 is 4.79 Å². The van der Waals surface area contributed by atoms with Crippen LogP contribution in [0.1, 0.15) is 35.2 Å². The molecule has 0 bridgehead atoms. The average molecular weight is 363 g/mol. The summed E-state index contributed by atoms with van der Waals surface area (Å²) in [6.07, 6.45) is 3.92. The molecule has 0 atom stereocenters. The van der Waals surface area contributed by atoms with Gasteiger partial charge in [-0.2, -0.15) is 0 Å². The number of carbonyl (C=O) groups excluding carboxylic acids is 1. The molecular formula is C19H20Cl2N2O. The normalized spacial score (nSPS) is 15.2. The summed E-state index contributed by atoms with van der Waals surface area (Å²) in [4.78, 5) is 14.8. The minimum Gasteiger partial charge on any atom is -0.322 e. The highest BCUT2D eigenvalue weighted by molar-refractivity contribution is 6.37.